The standard InChI is InChI=1S/C25H37N5O2/c1-6-24(31)28-10-9-20(15-28)22-12-23-26-18(4)21(19(5)30(23)27-22)7-8-25(32)29-13-16(2)11-17(3)14-29/h12,16-17,20H,6-11,13-15H2,1-5H3/t16-,17-,20+/m1/s1. The molecule has 0 saturated carbocycles. The fourth-order valence-corrected chi connectivity index (χ4v) is 5.61. The summed E-state index contributed by atoms with van der Waals surface area (Å²) in [6.45, 7) is 13.8. The van der Waals surface area contributed by atoms with Crippen LogP contribution in [0.2, 0.25) is 0 Å². The zero-order chi connectivity index (χ0) is 23.0. The highest BCUT2D eigenvalue weighted by molar-refractivity contribution is 5.77. The van der Waals surface area contributed by atoms with E-state index in [9.17, 15) is 9.59 Å². The lowest BCUT2D eigenvalue weighted by molar-refractivity contribution is -0.134. The SMILES string of the molecule is CCC(=O)N1CC[C@H](c2cc3nc(C)c(CCC(=O)N4C[C@H](C)C[C@@H](C)C4)c(C)n3n2)C1. The van der Waals surface area contributed by atoms with E-state index in [0.717, 1.165) is 60.9 Å². The van der Waals surface area contributed by atoms with Crippen molar-refractivity contribution in [2.75, 3.05) is 26.2 Å². The Bertz CT molecular complexity index is 1000. The van der Waals surface area contributed by atoms with E-state index in [-0.39, 0.29) is 17.7 Å². The Hall–Kier alpha value is -2.44. The van der Waals surface area contributed by atoms with Crippen LogP contribution < -0.4 is 0 Å². The molecular formula is C25H37N5O2. The summed E-state index contributed by atoms with van der Waals surface area (Å²) in [4.78, 5) is 33.7. The fraction of sp³-hybridized carbons (Fsp3) is 0.680. The maximum atomic E-state index is 12.9. The monoisotopic (exact) mass is 439 g/mol. The van der Waals surface area contributed by atoms with Gasteiger partial charge in [0.15, 0.2) is 5.65 Å². The normalized spacial score (nSPS) is 23.8. The third-order valence-electron chi connectivity index (χ3n) is 7.26. The predicted octanol–water partition coefficient (Wildman–Crippen LogP) is 3.51. The number of likely N-dealkylation sites (tertiary alicyclic amines) is 2. The average Bonchev–Trinajstić information content (AvgIpc) is 3.39. The highest BCUT2D eigenvalue weighted by Gasteiger charge is 2.29. The van der Waals surface area contributed by atoms with Crippen LogP contribution in [-0.2, 0) is 16.0 Å². The number of hydrogen-bond acceptors (Lipinski definition) is 4. The smallest absolute Gasteiger partial charge is 0.222 e. The maximum Gasteiger partial charge on any atom is 0.222 e. The molecule has 0 spiro atoms. The van der Waals surface area contributed by atoms with Gasteiger partial charge in [0.1, 0.15) is 0 Å². The summed E-state index contributed by atoms with van der Waals surface area (Å²) in [5, 5.41) is 4.87. The first-order valence-electron chi connectivity index (χ1n) is 12.2. The summed E-state index contributed by atoms with van der Waals surface area (Å²) < 4.78 is 1.93. The lowest BCUT2D eigenvalue weighted by atomic mass is 9.91. The number of carbonyl (C=O) groups excluding carboxylic acids is 2. The Morgan fingerprint density at radius 1 is 1.06 bits per heavy atom. The van der Waals surface area contributed by atoms with Crippen LogP contribution in [0.3, 0.4) is 0 Å². The van der Waals surface area contributed by atoms with Gasteiger partial charge in [-0.25, -0.2) is 9.50 Å². The van der Waals surface area contributed by atoms with Crippen molar-refractivity contribution >= 4 is 17.5 Å². The number of carbonyl (C=O) groups is 2. The van der Waals surface area contributed by atoms with Crippen molar-refractivity contribution in [3.8, 4) is 0 Å². The van der Waals surface area contributed by atoms with Crippen LogP contribution in [0.4, 0.5) is 0 Å². The molecular weight excluding hydrogens is 402 g/mol. The number of amides is 2. The molecule has 2 aromatic heterocycles. The predicted molar refractivity (Wildman–Crippen MR) is 125 cm³/mol. The Morgan fingerprint density at radius 2 is 1.78 bits per heavy atom. The largest absolute Gasteiger partial charge is 0.342 e. The number of piperidine rings is 1. The molecule has 3 atom stereocenters. The molecule has 2 fully saturated rings. The summed E-state index contributed by atoms with van der Waals surface area (Å²) >= 11 is 0. The second kappa shape index (κ2) is 9.20. The zero-order valence-corrected chi connectivity index (χ0v) is 20.2. The lowest BCUT2D eigenvalue weighted by Crippen LogP contribution is -2.42. The van der Waals surface area contributed by atoms with Crippen molar-refractivity contribution in [2.45, 2.75) is 72.6 Å². The molecule has 174 valence electrons. The topological polar surface area (TPSA) is 70.8 Å². The van der Waals surface area contributed by atoms with Gasteiger partial charge in [-0.2, -0.15) is 5.10 Å². The first-order chi connectivity index (χ1) is 15.3. The van der Waals surface area contributed by atoms with Crippen molar-refractivity contribution in [1.82, 2.24) is 24.4 Å². The van der Waals surface area contributed by atoms with Crippen molar-refractivity contribution in [2.24, 2.45) is 11.8 Å². The molecule has 0 N–H and O–H groups in total. The van der Waals surface area contributed by atoms with Crippen LogP contribution in [0.25, 0.3) is 5.65 Å². The second-order valence-corrected chi connectivity index (χ2v) is 10.0. The van der Waals surface area contributed by atoms with Crippen molar-refractivity contribution < 1.29 is 9.59 Å². The molecule has 2 amide bonds. The highest BCUT2D eigenvalue weighted by atomic mass is 16.2. The van der Waals surface area contributed by atoms with Gasteiger partial charge in [0.05, 0.1) is 5.69 Å². The van der Waals surface area contributed by atoms with Gasteiger partial charge >= 0.3 is 0 Å². The summed E-state index contributed by atoms with van der Waals surface area (Å²) in [5.74, 6) is 1.87. The summed E-state index contributed by atoms with van der Waals surface area (Å²) in [5.41, 5.74) is 5.02. The minimum Gasteiger partial charge on any atom is -0.342 e. The van der Waals surface area contributed by atoms with Crippen LogP contribution in [0, 0.1) is 25.7 Å². The molecule has 0 aromatic carbocycles. The molecule has 0 unspecified atom stereocenters. The molecule has 4 heterocycles. The van der Waals surface area contributed by atoms with E-state index in [0.29, 0.717) is 31.1 Å². The summed E-state index contributed by atoms with van der Waals surface area (Å²) in [7, 11) is 0. The van der Waals surface area contributed by atoms with E-state index in [2.05, 4.69) is 26.8 Å². The van der Waals surface area contributed by atoms with E-state index in [1.165, 1.54) is 6.42 Å². The number of rotatable bonds is 5. The van der Waals surface area contributed by atoms with E-state index in [1.807, 2.05) is 28.2 Å². The number of aromatic nitrogens is 3. The fourth-order valence-electron chi connectivity index (χ4n) is 5.61. The van der Waals surface area contributed by atoms with Crippen molar-refractivity contribution in [3.05, 3.63) is 28.7 Å². The number of hydrogen-bond donors (Lipinski definition) is 0. The minimum absolute atomic E-state index is 0.214. The first-order valence-corrected chi connectivity index (χ1v) is 12.2. The molecule has 0 aliphatic carbocycles. The van der Waals surface area contributed by atoms with E-state index in [4.69, 9.17) is 10.1 Å². The summed E-state index contributed by atoms with van der Waals surface area (Å²) in [6.07, 6.45) is 3.90. The van der Waals surface area contributed by atoms with Crippen LogP contribution >= 0.6 is 0 Å². The van der Waals surface area contributed by atoms with E-state index >= 15 is 0 Å². The molecule has 2 saturated heterocycles. The quantitative estimate of drug-likeness (QED) is 0.715. The Kier molecular flexibility index (Phi) is 6.54. The van der Waals surface area contributed by atoms with Crippen molar-refractivity contribution in [1.29, 1.82) is 0 Å². The highest BCUT2D eigenvalue weighted by Crippen LogP contribution is 2.28. The molecule has 0 radical (unpaired) electrons. The minimum atomic E-state index is 0.214. The van der Waals surface area contributed by atoms with Gasteiger partial charge < -0.3 is 9.80 Å². The molecule has 2 aromatic rings. The van der Waals surface area contributed by atoms with Crippen LogP contribution in [0.15, 0.2) is 6.07 Å². The van der Waals surface area contributed by atoms with Gasteiger partial charge in [0, 0.05) is 62.4 Å². The third-order valence-corrected chi connectivity index (χ3v) is 7.26. The van der Waals surface area contributed by atoms with Crippen LogP contribution in [0.5, 0.6) is 0 Å². The molecule has 0 bridgehead atoms. The second-order valence-electron chi connectivity index (χ2n) is 10.0. The van der Waals surface area contributed by atoms with E-state index < -0.39 is 0 Å². The van der Waals surface area contributed by atoms with E-state index in [1.54, 1.807) is 0 Å². The molecule has 2 aliphatic rings. The maximum absolute atomic E-state index is 12.9. The number of aryl methyl sites for hydroxylation is 2. The van der Waals surface area contributed by atoms with Crippen LogP contribution in [0.1, 0.15) is 75.0 Å². The van der Waals surface area contributed by atoms with Gasteiger partial charge in [-0.15, -0.1) is 0 Å². The van der Waals surface area contributed by atoms with Gasteiger partial charge in [0.2, 0.25) is 11.8 Å². The van der Waals surface area contributed by atoms with Gasteiger partial charge in [0.25, 0.3) is 0 Å². The molecule has 7 nitrogen and oxygen atoms in total. The van der Waals surface area contributed by atoms with Gasteiger partial charge in [-0.1, -0.05) is 20.8 Å². The van der Waals surface area contributed by atoms with Crippen LogP contribution in [-0.4, -0.2) is 62.4 Å². The Labute approximate surface area is 191 Å². The zero-order valence-electron chi connectivity index (χ0n) is 20.2. The van der Waals surface area contributed by atoms with Gasteiger partial charge in [-0.05, 0) is 50.5 Å². The Balaban J connectivity index is 1.48. The Morgan fingerprint density at radius 3 is 2.47 bits per heavy atom. The average molecular weight is 440 g/mol. The summed E-state index contributed by atoms with van der Waals surface area (Å²) in [6, 6.07) is 2.07. The van der Waals surface area contributed by atoms with Crippen molar-refractivity contribution in [3.63, 3.8) is 0 Å². The molecule has 7 heteroatoms. The first kappa shape index (κ1) is 22.7. The molecule has 2 aliphatic heterocycles. The lowest BCUT2D eigenvalue weighted by Gasteiger charge is -2.35. The third kappa shape index (κ3) is 4.52. The number of fused-ring (bicyclic) bond motifs is 1. The number of nitrogens with zero attached hydrogens (tertiary/aromatic N) is 5. The van der Waals surface area contributed by atoms with Gasteiger partial charge in [-0.3, -0.25) is 9.59 Å². The molecule has 32 heavy (non-hydrogen) atoms. The molecule has 4 rings (SSSR count).